The van der Waals surface area contributed by atoms with E-state index < -0.39 is 0 Å². The molecule has 3 rings (SSSR count). The summed E-state index contributed by atoms with van der Waals surface area (Å²) in [4.78, 5) is 12.5. The molecule has 1 amide bonds. The van der Waals surface area contributed by atoms with Crippen LogP contribution < -0.4 is 10.1 Å². The molecule has 0 fully saturated rings. The van der Waals surface area contributed by atoms with Crippen LogP contribution in [0.4, 0.5) is 0 Å². The summed E-state index contributed by atoms with van der Waals surface area (Å²) in [5.41, 5.74) is 3.10. The Bertz CT molecular complexity index is 952. The van der Waals surface area contributed by atoms with Gasteiger partial charge in [-0.2, -0.15) is 5.10 Å². The van der Waals surface area contributed by atoms with E-state index in [-0.39, 0.29) is 5.91 Å². The van der Waals surface area contributed by atoms with E-state index in [4.69, 9.17) is 27.9 Å². The van der Waals surface area contributed by atoms with Crippen molar-refractivity contribution in [2.45, 2.75) is 13.3 Å². The lowest BCUT2D eigenvalue weighted by atomic mass is 10.1. The maximum Gasteiger partial charge on any atom is 0.254 e. The number of nitrogens with one attached hydrogen (secondary N) is 1. The van der Waals surface area contributed by atoms with Crippen LogP contribution in [0, 0.1) is 6.92 Å². The molecule has 1 N–H and O–H groups in total. The lowest BCUT2D eigenvalue weighted by Gasteiger charge is -2.08. The first-order chi connectivity index (χ1) is 13.0. The van der Waals surface area contributed by atoms with Crippen LogP contribution in [-0.4, -0.2) is 29.3 Å². The molecular formula is C20H19Cl2N3O2. The van der Waals surface area contributed by atoms with Gasteiger partial charge in [-0.1, -0.05) is 29.3 Å². The van der Waals surface area contributed by atoms with E-state index >= 15 is 0 Å². The van der Waals surface area contributed by atoms with E-state index in [9.17, 15) is 4.79 Å². The highest BCUT2D eigenvalue weighted by Crippen LogP contribution is 2.21. The average molecular weight is 404 g/mol. The van der Waals surface area contributed by atoms with E-state index in [0.29, 0.717) is 28.6 Å². The van der Waals surface area contributed by atoms with Crippen molar-refractivity contribution in [3.63, 3.8) is 0 Å². The van der Waals surface area contributed by atoms with E-state index in [2.05, 4.69) is 10.4 Å². The maximum atomic E-state index is 12.5. The van der Waals surface area contributed by atoms with Gasteiger partial charge >= 0.3 is 0 Å². The van der Waals surface area contributed by atoms with Crippen LogP contribution in [0.3, 0.4) is 0 Å². The standard InChI is InChI=1S/C20H19Cl2N3O2/c1-13-18(12-24-25(13)16-5-7-17(27-2)8-6-16)20(26)23-10-9-14-3-4-15(21)11-19(14)22/h3-8,11-12H,9-10H2,1-2H3,(H,23,26). The SMILES string of the molecule is COc1ccc(-n2ncc(C(=O)NCCc3ccc(Cl)cc3Cl)c2C)cc1. The van der Waals surface area contributed by atoms with Crippen LogP contribution in [0.15, 0.2) is 48.7 Å². The number of amides is 1. The topological polar surface area (TPSA) is 56.2 Å². The quantitative estimate of drug-likeness (QED) is 0.660. The number of methoxy groups -OCH3 is 1. The van der Waals surface area contributed by atoms with Crippen molar-refractivity contribution in [1.29, 1.82) is 0 Å². The van der Waals surface area contributed by atoms with Crippen molar-refractivity contribution in [3.8, 4) is 11.4 Å². The van der Waals surface area contributed by atoms with Gasteiger partial charge in [0.25, 0.3) is 5.91 Å². The lowest BCUT2D eigenvalue weighted by Crippen LogP contribution is -2.26. The molecule has 0 bridgehead atoms. The minimum Gasteiger partial charge on any atom is -0.497 e. The lowest BCUT2D eigenvalue weighted by molar-refractivity contribution is 0.0953. The van der Waals surface area contributed by atoms with Gasteiger partial charge in [0.2, 0.25) is 0 Å². The normalized spacial score (nSPS) is 10.7. The predicted octanol–water partition coefficient (Wildman–Crippen LogP) is 4.47. The Morgan fingerprint density at radius 2 is 1.93 bits per heavy atom. The Hall–Kier alpha value is -2.50. The number of rotatable bonds is 6. The number of ether oxygens (including phenoxy) is 1. The molecule has 7 heteroatoms. The molecule has 140 valence electrons. The number of hydrogen-bond acceptors (Lipinski definition) is 3. The predicted molar refractivity (Wildman–Crippen MR) is 107 cm³/mol. The molecule has 0 saturated heterocycles. The average Bonchev–Trinajstić information content (AvgIpc) is 3.05. The summed E-state index contributed by atoms with van der Waals surface area (Å²) < 4.78 is 6.89. The Balaban J connectivity index is 1.65. The number of halogens is 2. The zero-order chi connectivity index (χ0) is 19.4. The molecule has 0 atom stereocenters. The Morgan fingerprint density at radius 3 is 2.59 bits per heavy atom. The molecule has 0 aliphatic heterocycles. The van der Waals surface area contributed by atoms with Crippen molar-refractivity contribution in [2.24, 2.45) is 0 Å². The van der Waals surface area contributed by atoms with Crippen LogP contribution >= 0.6 is 23.2 Å². The van der Waals surface area contributed by atoms with Crippen molar-refractivity contribution < 1.29 is 9.53 Å². The summed E-state index contributed by atoms with van der Waals surface area (Å²) >= 11 is 12.1. The van der Waals surface area contributed by atoms with Crippen molar-refractivity contribution in [3.05, 3.63) is 75.5 Å². The summed E-state index contributed by atoms with van der Waals surface area (Å²) in [6.45, 7) is 2.33. The number of carbonyl (C=O) groups excluding carboxylic acids is 1. The number of carbonyl (C=O) groups is 1. The highest BCUT2D eigenvalue weighted by Gasteiger charge is 2.15. The molecule has 0 aliphatic carbocycles. The Morgan fingerprint density at radius 1 is 1.19 bits per heavy atom. The molecule has 0 saturated carbocycles. The van der Waals surface area contributed by atoms with Gasteiger partial charge in [0.05, 0.1) is 30.3 Å². The fourth-order valence-corrected chi connectivity index (χ4v) is 3.25. The second-order valence-electron chi connectivity index (χ2n) is 6.00. The Labute approximate surface area is 167 Å². The monoisotopic (exact) mass is 403 g/mol. The third kappa shape index (κ3) is 4.43. The first kappa shape index (κ1) is 19.3. The molecule has 1 aromatic heterocycles. The van der Waals surface area contributed by atoms with Gasteiger partial charge in [-0.25, -0.2) is 4.68 Å². The largest absolute Gasteiger partial charge is 0.497 e. The van der Waals surface area contributed by atoms with Crippen LogP contribution in [0.5, 0.6) is 5.75 Å². The number of benzene rings is 2. The molecule has 5 nitrogen and oxygen atoms in total. The highest BCUT2D eigenvalue weighted by molar-refractivity contribution is 6.35. The molecule has 27 heavy (non-hydrogen) atoms. The van der Waals surface area contributed by atoms with E-state index in [1.165, 1.54) is 0 Å². The highest BCUT2D eigenvalue weighted by atomic mass is 35.5. The molecular weight excluding hydrogens is 385 g/mol. The van der Waals surface area contributed by atoms with Gasteiger partial charge in [-0.05, 0) is 55.3 Å². The van der Waals surface area contributed by atoms with Crippen LogP contribution in [0.2, 0.25) is 10.0 Å². The molecule has 3 aromatic rings. The van der Waals surface area contributed by atoms with Crippen molar-refractivity contribution in [1.82, 2.24) is 15.1 Å². The summed E-state index contributed by atoms with van der Waals surface area (Å²) in [6.07, 6.45) is 2.19. The van der Waals surface area contributed by atoms with Crippen LogP contribution in [0.25, 0.3) is 5.69 Å². The second kappa shape index (κ2) is 8.46. The molecule has 0 radical (unpaired) electrons. The fourth-order valence-electron chi connectivity index (χ4n) is 2.75. The smallest absolute Gasteiger partial charge is 0.254 e. The number of aromatic nitrogens is 2. The number of hydrogen-bond donors (Lipinski definition) is 1. The molecule has 0 spiro atoms. The van der Waals surface area contributed by atoms with E-state index in [0.717, 1.165) is 22.7 Å². The minimum absolute atomic E-state index is 0.169. The zero-order valence-corrected chi connectivity index (χ0v) is 16.5. The first-order valence-corrected chi connectivity index (χ1v) is 9.16. The molecule has 2 aromatic carbocycles. The minimum atomic E-state index is -0.169. The second-order valence-corrected chi connectivity index (χ2v) is 6.84. The zero-order valence-electron chi connectivity index (χ0n) is 15.0. The van der Waals surface area contributed by atoms with Crippen LogP contribution in [0.1, 0.15) is 21.6 Å². The third-order valence-electron chi connectivity index (χ3n) is 4.27. The van der Waals surface area contributed by atoms with Gasteiger partial charge in [0.15, 0.2) is 0 Å². The van der Waals surface area contributed by atoms with Gasteiger partial charge in [0, 0.05) is 16.6 Å². The summed E-state index contributed by atoms with van der Waals surface area (Å²) in [5.74, 6) is 0.597. The first-order valence-electron chi connectivity index (χ1n) is 8.41. The fraction of sp³-hybridized carbons (Fsp3) is 0.200. The van der Waals surface area contributed by atoms with Gasteiger partial charge in [-0.15, -0.1) is 0 Å². The van der Waals surface area contributed by atoms with E-state index in [1.807, 2.05) is 37.3 Å². The van der Waals surface area contributed by atoms with Crippen molar-refractivity contribution in [2.75, 3.05) is 13.7 Å². The molecule has 1 heterocycles. The number of nitrogens with zero attached hydrogens (tertiary/aromatic N) is 2. The maximum absolute atomic E-state index is 12.5. The van der Waals surface area contributed by atoms with Gasteiger partial charge in [-0.3, -0.25) is 4.79 Å². The van der Waals surface area contributed by atoms with E-state index in [1.54, 1.807) is 30.1 Å². The van der Waals surface area contributed by atoms with Gasteiger partial charge < -0.3 is 10.1 Å². The third-order valence-corrected chi connectivity index (χ3v) is 4.85. The van der Waals surface area contributed by atoms with Crippen LogP contribution in [-0.2, 0) is 6.42 Å². The summed E-state index contributed by atoms with van der Waals surface area (Å²) in [7, 11) is 1.62. The molecule has 0 unspecified atom stereocenters. The Kier molecular flexibility index (Phi) is 6.04. The summed E-state index contributed by atoms with van der Waals surface area (Å²) in [6, 6.07) is 12.8. The summed E-state index contributed by atoms with van der Waals surface area (Å²) in [5, 5.41) is 8.43. The van der Waals surface area contributed by atoms with Crippen molar-refractivity contribution >= 4 is 29.1 Å². The molecule has 0 aliphatic rings. The van der Waals surface area contributed by atoms with Gasteiger partial charge in [0.1, 0.15) is 5.75 Å².